The van der Waals surface area contributed by atoms with Crippen molar-refractivity contribution in [2.75, 3.05) is 4.90 Å². The van der Waals surface area contributed by atoms with Crippen LogP contribution in [-0.4, -0.2) is 34.2 Å². The van der Waals surface area contributed by atoms with Crippen molar-refractivity contribution in [3.63, 3.8) is 0 Å². The molecule has 0 bridgehead atoms. The fraction of sp³-hybridized carbons (Fsp3) is 0.769. The average Bonchev–Trinajstić information content (AvgIpc) is 3.03. The van der Waals surface area contributed by atoms with Gasteiger partial charge in [-0.3, -0.25) is 4.79 Å². The zero-order valence-corrected chi connectivity index (χ0v) is 20.2. The normalized spacial score (nSPS) is 29.9. The van der Waals surface area contributed by atoms with Crippen LogP contribution < -0.4 is 4.90 Å². The molecule has 1 amide bonds. The van der Waals surface area contributed by atoms with Gasteiger partial charge in [0, 0.05) is 16.8 Å². The number of amides is 1. The van der Waals surface area contributed by atoms with E-state index in [-0.39, 0.29) is 24.0 Å². The van der Waals surface area contributed by atoms with Crippen molar-refractivity contribution in [3.8, 4) is 0 Å². The number of carbonyl (C=O) groups excluding carboxylic acids is 1. The van der Waals surface area contributed by atoms with E-state index in [1.165, 1.54) is 37.0 Å². The molecule has 0 aromatic carbocycles. The lowest BCUT2D eigenvalue weighted by atomic mass is 9.81. The highest BCUT2D eigenvalue weighted by atomic mass is 32.1. The summed E-state index contributed by atoms with van der Waals surface area (Å²) in [6, 6.07) is 2.04. The zero-order chi connectivity index (χ0) is 22.7. The van der Waals surface area contributed by atoms with Crippen molar-refractivity contribution in [2.45, 2.75) is 115 Å². The molecule has 0 saturated heterocycles. The number of aliphatic hydroxyl groups is 1. The Morgan fingerprint density at radius 2 is 1.53 bits per heavy atom. The van der Waals surface area contributed by atoms with E-state index in [0.29, 0.717) is 35.2 Å². The monoisotopic (exact) mass is 461 g/mol. The minimum Gasteiger partial charge on any atom is -0.477 e. The number of aromatic carboxylic acids is 1. The van der Waals surface area contributed by atoms with Gasteiger partial charge in [0.2, 0.25) is 5.91 Å². The summed E-state index contributed by atoms with van der Waals surface area (Å²) in [4.78, 5) is 29.5. The maximum Gasteiger partial charge on any atom is 0.348 e. The summed E-state index contributed by atoms with van der Waals surface area (Å²) in [5, 5.41) is 20.1. The minimum atomic E-state index is -0.921. The first kappa shape index (κ1) is 23.7. The molecule has 178 valence electrons. The molecule has 3 aliphatic carbocycles. The summed E-state index contributed by atoms with van der Waals surface area (Å²) in [5.74, 6) is 0.257. The number of aliphatic hydroxyl groups excluding tert-OH is 1. The molecule has 0 atom stereocenters. The van der Waals surface area contributed by atoms with Crippen molar-refractivity contribution in [3.05, 3.63) is 15.8 Å². The maximum absolute atomic E-state index is 13.9. The Bertz CT molecular complexity index is 782. The second-order valence-electron chi connectivity index (χ2n) is 10.5. The number of hydrogen-bond donors (Lipinski definition) is 2. The number of carbonyl (C=O) groups is 2. The summed E-state index contributed by atoms with van der Waals surface area (Å²) >= 11 is 1.40. The SMILES string of the molecule is CC1CCC(C(=O)N(c2cc(C3CCCCCC3)sc2C(=O)O)C2CCC(O)CC2)CC1. The highest BCUT2D eigenvalue weighted by molar-refractivity contribution is 7.14. The van der Waals surface area contributed by atoms with Crippen LogP contribution in [0.1, 0.15) is 117 Å². The molecule has 5 nitrogen and oxygen atoms in total. The van der Waals surface area contributed by atoms with Crippen molar-refractivity contribution in [1.82, 2.24) is 0 Å². The first-order valence-electron chi connectivity index (χ1n) is 12.8. The number of thiophene rings is 1. The van der Waals surface area contributed by atoms with E-state index < -0.39 is 5.97 Å². The van der Waals surface area contributed by atoms with Gasteiger partial charge in [-0.1, -0.05) is 32.6 Å². The molecule has 6 heteroatoms. The van der Waals surface area contributed by atoms with Crippen LogP contribution >= 0.6 is 11.3 Å². The molecule has 2 N–H and O–H groups in total. The van der Waals surface area contributed by atoms with E-state index in [2.05, 4.69) is 13.0 Å². The maximum atomic E-state index is 13.9. The Kier molecular flexibility index (Phi) is 7.93. The standard InChI is InChI=1S/C26H39NO4S/c1-17-8-10-19(11-9-17)25(29)27(20-12-14-21(28)15-13-20)22-16-23(32-24(22)26(30)31)18-6-4-2-3-5-7-18/h16-21,28H,2-15H2,1H3,(H,30,31). The number of anilines is 1. The molecule has 0 radical (unpaired) electrons. The van der Waals surface area contributed by atoms with E-state index in [0.717, 1.165) is 56.2 Å². The third-order valence-electron chi connectivity index (χ3n) is 8.08. The van der Waals surface area contributed by atoms with Gasteiger partial charge in [-0.05, 0) is 82.1 Å². The van der Waals surface area contributed by atoms with E-state index in [4.69, 9.17) is 0 Å². The Labute approximate surface area is 196 Å². The van der Waals surface area contributed by atoms with Gasteiger partial charge >= 0.3 is 5.97 Å². The van der Waals surface area contributed by atoms with Crippen LogP contribution in [0.3, 0.4) is 0 Å². The lowest BCUT2D eigenvalue weighted by Gasteiger charge is -2.38. The van der Waals surface area contributed by atoms with Gasteiger partial charge in [0.1, 0.15) is 4.88 Å². The van der Waals surface area contributed by atoms with Crippen molar-refractivity contribution in [1.29, 1.82) is 0 Å². The van der Waals surface area contributed by atoms with E-state index in [1.807, 2.05) is 4.90 Å². The lowest BCUT2D eigenvalue weighted by molar-refractivity contribution is -0.124. The van der Waals surface area contributed by atoms with Crippen LogP contribution in [0.5, 0.6) is 0 Å². The quantitative estimate of drug-likeness (QED) is 0.501. The number of rotatable bonds is 5. The van der Waals surface area contributed by atoms with Crippen molar-refractivity contribution < 1.29 is 19.8 Å². The van der Waals surface area contributed by atoms with Gasteiger partial charge in [0.05, 0.1) is 11.8 Å². The molecule has 1 aromatic heterocycles. The molecule has 3 saturated carbocycles. The average molecular weight is 462 g/mol. The Balaban J connectivity index is 1.67. The number of carboxylic acids is 1. The largest absolute Gasteiger partial charge is 0.477 e. The molecule has 1 heterocycles. The van der Waals surface area contributed by atoms with Crippen LogP contribution in [0.25, 0.3) is 0 Å². The van der Waals surface area contributed by atoms with Gasteiger partial charge in [-0.2, -0.15) is 0 Å². The minimum absolute atomic E-state index is 0.0130. The molecule has 32 heavy (non-hydrogen) atoms. The number of hydrogen-bond acceptors (Lipinski definition) is 4. The molecule has 0 spiro atoms. The van der Waals surface area contributed by atoms with Gasteiger partial charge in [-0.15, -0.1) is 11.3 Å². The molecule has 1 aromatic rings. The van der Waals surface area contributed by atoms with Gasteiger partial charge in [-0.25, -0.2) is 4.79 Å². The molecular formula is C26H39NO4S. The fourth-order valence-electron chi connectivity index (χ4n) is 6.01. The van der Waals surface area contributed by atoms with Crippen LogP contribution in [0.15, 0.2) is 6.07 Å². The third kappa shape index (κ3) is 5.39. The first-order chi connectivity index (χ1) is 15.4. The Hall–Kier alpha value is -1.40. The van der Waals surface area contributed by atoms with Gasteiger partial charge in [0.25, 0.3) is 0 Å². The Morgan fingerprint density at radius 1 is 0.906 bits per heavy atom. The zero-order valence-electron chi connectivity index (χ0n) is 19.4. The third-order valence-corrected chi connectivity index (χ3v) is 9.35. The topological polar surface area (TPSA) is 77.8 Å². The molecule has 3 fully saturated rings. The van der Waals surface area contributed by atoms with Gasteiger partial charge in [0.15, 0.2) is 0 Å². The predicted molar refractivity (Wildman–Crippen MR) is 129 cm³/mol. The summed E-state index contributed by atoms with van der Waals surface area (Å²) in [5.41, 5.74) is 0.631. The smallest absolute Gasteiger partial charge is 0.348 e. The summed E-state index contributed by atoms with van der Waals surface area (Å²) in [6.45, 7) is 2.25. The van der Waals surface area contributed by atoms with Crippen LogP contribution in [0.2, 0.25) is 0 Å². The molecule has 3 aliphatic rings. The number of carboxylic acid groups (broad SMARTS) is 1. The van der Waals surface area contributed by atoms with Crippen LogP contribution in [0, 0.1) is 11.8 Å². The summed E-state index contributed by atoms with van der Waals surface area (Å²) < 4.78 is 0. The van der Waals surface area contributed by atoms with E-state index >= 15 is 0 Å². The molecule has 0 aliphatic heterocycles. The Morgan fingerprint density at radius 3 is 2.12 bits per heavy atom. The fourth-order valence-corrected chi connectivity index (χ4v) is 7.17. The van der Waals surface area contributed by atoms with E-state index in [9.17, 15) is 19.8 Å². The highest BCUT2D eigenvalue weighted by Crippen LogP contribution is 2.43. The predicted octanol–water partition coefficient (Wildman–Crippen LogP) is 6.35. The molecule has 4 rings (SSSR count). The summed E-state index contributed by atoms with van der Waals surface area (Å²) in [7, 11) is 0. The number of nitrogens with zero attached hydrogens (tertiary/aromatic N) is 1. The highest BCUT2D eigenvalue weighted by Gasteiger charge is 2.37. The van der Waals surface area contributed by atoms with Crippen LogP contribution in [-0.2, 0) is 4.79 Å². The van der Waals surface area contributed by atoms with Gasteiger partial charge < -0.3 is 15.1 Å². The molecule has 0 unspecified atom stereocenters. The first-order valence-corrected chi connectivity index (χ1v) is 13.6. The van der Waals surface area contributed by atoms with Crippen molar-refractivity contribution >= 4 is 28.9 Å². The van der Waals surface area contributed by atoms with Crippen molar-refractivity contribution in [2.24, 2.45) is 11.8 Å². The summed E-state index contributed by atoms with van der Waals surface area (Å²) in [6.07, 6.45) is 13.6. The van der Waals surface area contributed by atoms with E-state index in [1.54, 1.807) is 0 Å². The molecular weight excluding hydrogens is 422 g/mol. The second-order valence-corrected chi connectivity index (χ2v) is 11.6. The lowest BCUT2D eigenvalue weighted by Crippen LogP contribution is -2.47. The van der Waals surface area contributed by atoms with Crippen LogP contribution in [0.4, 0.5) is 5.69 Å². The second kappa shape index (κ2) is 10.7.